The lowest BCUT2D eigenvalue weighted by atomic mass is 9.78. The second-order valence-electron chi connectivity index (χ2n) is 13.5. The SMILES string of the molecule is CC1(C)c2cc(-c3c4ccccc4c(C4=CC=CCC4)c4ccccc34)ccc2-c2c1c1ccccc1c1c2oc2ccccc21. The molecule has 2 aliphatic carbocycles. The molecule has 0 amide bonds. The van der Waals surface area contributed by atoms with Gasteiger partial charge in [0.05, 0.1) is 0 Å². The molecule has 0 radical (unpaired) electrons. The van der Waals surface area contributed by atoms with E-state index in [1.54, 1.807) is 0 Å². The van der Waals surface area contributed by atoms with E-state index in [4.69, 9.17) is 4.42 Å². The maximum Gasteiger partial charge on any atom is 0.144 e. The van der Waals surface area contributed by atoms with Gasteiger partial charge < -0.3 is 4.42 Å². The summed E-state index contributed by atoms with van der Waals surface area (Å²) in [6.45, 7) is 4.79. The third-order valence-electron chi connectivity index (χ3n) is 10.7. The van der Waals surface area contributed by atoms with E-state index in [-0.39, 0.29) is 5.41 Å². The van der Waals surface area contributed by atoms with Gasteiger partial charge in [0.25, 0.3) is 0 Å². The second kappa shape index (κ2) is 9.31. The summed E-state index contributed by atoms with van der Waals surface area (Å²) in [7, 11) is 0. The summed E-state index contributed by atoms with van der Waals surface area (Å²) in [6.07, 6.45) is 8.97. The van der Waals surface area contributed by atoms with E-state index in [1.807, 2.05) is 0 Å². The summed E-state index contributed by atoms with van der Waals surface area (Å²) in [5.74, 6) is 0. The van der Waals surface area contributed by atoms with E-state index in [0.717, 1.165) is 24.0 Å². The van der Waals surface area contributed by atoms with Gasteiger partial charge in [-0.3, -0.25) is 0 Å². The molecule has 1 nitrogen and oxygen atoms in total. The monoisotopic (exact) mass is 588 g/mol. The number of hydrogen-bond acceptors (Lipinski definition) is 1. The normalized spacial score (nSPS) is 15.2. The van der Waals surface area contributed by atoms with Gasteiger partial charge in [0.15, 0.2) is 0 Å². The quantitative estimate of drug-likeness (QED) is 0.183. The number of fused-ring (bicyclic) bond motifs is 12. The van der Waals surface area contributed by atoms with Crippen LogP contribution in [0.3, 0.4) is 0 Å². The summed E-state index contributed by atoms with van der Waals surface area (Å²) in [5.41, 5.74) is 12.4. The van der Waals surface area contributed by atoms with Gasteiger partial charge in [-0.25, -0.2) is 0 Å². The van der Waals surface area contributed by atoms with Gasteiger partial charge in [0.1, 0.15) is 11.2 Å². The highest BCUT2D eigenvalue weighted by atomic mass is 16.3. The van der Waals surface area contributed by atoms with Gasteiger partial charge in [-0.2, -0.15) is 0 Å². The first-order valence-electron chi connectivity index (χ1n) is 16.4. The molecule has 0 unspecified atom stereocenters. The number of hydrogen-bond donors (Lipinski definition) is 0. The molecular weight excluding hydrogens is 556 g/mol. The lowest BCUT2D eigenvalue weighted by Crippen LogP contribution is -2.15. The van der Waals surface area contributed by atoms with Crippen molar-refractivity contribution in [3.8, 4) is 22.3 Å². The Kier molecular flexibility index (Phi) is 5.24. The minimum absolute atomic E-state index is 0.210. The molecule has 2 aliphatic rings. The number of benzene rings is 7. The third kappa shape index (κ3) is 3.35. The molecule has 10 rings (SSSR count). The average molecular weight is 589 g/mol. The smallest absolute Gasteiger partial charge is 0.144 e. The van der Waals surface area contributed by atoms with E-state index >= 15 is 0 Å². The Morgan fingerprint density at radius 1 is 0.587 bits per heavy atom. The molecular formula is C45H32O. The minimum Gasteiger partial charge on any atom is -0.455 e. The van der Waals surface area contributed by atoms with Gasteiger partial charge in [-0.15, -0.1) is 0 Å². The highest BCUT2D eigenvalue weighted by Crippen LogP contribution is 2.57. The van der Waals surface area contributed by atoms with Crippen LogP contribution >= 0.6 is 0 Å². The number of allylic oxidation sites excluding steroid dienone is 4. The minimum atomic E-state index is -0.210. The fourth-order valence-corrected chi connectivity index (χ4v) is 8.73. The number of para-hydroxylation sites is 1. The Morgan fingerprint density at radius 3 is 1.87 bits per heavy atom. The lowest BCUT2D eigenvalue weighted by molar-refractivity contribution is 0.658. The van der Waals surface area contributed by atoms with Gasteiger partial charge in [0.2, 0.25) is 0 Å². The molecule has 0 N–H and O–H groups in total. The molecule has 0 saturated carbocycles. The Hall–Kier alpha value is -5.40. The molecule has 0 saturated heterocycles. The molecule has 8 aromatic rings. The summed E-state index contributed by atoms with van der Waals surface area (Å²) >= 11 is 0. The van der Waals surface area contributed by atoms with Crippen LogP contribution in [-0.4, -0.2) is 0 Å². The van der Waals surface area contributed by atoms with Gasteiger partial charge in [0, 0.05) is 21.8 Å². The van der Waals surface area contributed by atoms with Crippen molar-refractivity contribution < 1.29 is 4.42 Å². The van der Waals surface area contributed by atoms with Gasteiger partial charge in [-0.1, -0.05) is 135 Å². The molecule has 7 aromatic carbocycles. The van der Waals surface area contributed by atoms with Crippen LogP contribution in [0.5, 0.6) is 0 Å². The lowest BCUT2D eigenvalue weighted by Gasteiger charge is -2.24. The van der Waals surface area contributed by atoms with Crippen LogP contribution in [0, 0.1) is 0 Å². The Balaban J connectivity index is 1.29. The van der Waals surface area contributed by atoms with Crippen molar-refractivity contribution in [1.82, 2.24) is 0 Å². The van der Waals surface area contributed by atoms with Crippen molar-refractivity contribution in [1.29, 1.82) is 0 Å². The molecule has 218 valence electrons. The second-order valence-corrected chi connectivity index (χ2v) is 13.5. The molecule has 0 fully saturated rings. The van der Waals surface area contributed by atoms with Crippen LogP contribution < -0.4 is 0 Å². The summed E-state index contributed by atoms with van der Waals surface area (Å²) < 4.78 is 6.74. The summed E-state index contributed by atoms with van der Waals surface area (Å²) in [4.78, 5) is 0. The van der Waals surface area contributed by atoms with Crippen molar-refractivity contribution in [3.05, 3.63) is 150 Å². The van der Waals surface area contributed by atoms with Crippen LogP contribution in [0.25, 0.3) is 82.1 Å². The van der Waals surface area contributed by atoms with Gasteiger partial charge >= 0.3 is 0 Å². The standard InChI is InChI=1S/C45H32O/c1-45(2)37-26-28(40-31-18-8-6-16-29(31)39(27-14-4-3-5-15-27)30-17-7-9-19-32(30)40)24-25-35(37)42-43(45)34-21-11-10-20-33(34)41-36-22-12-13-23-38(36)46-44(41)42/h3-4,6-14,16-26H,5,15H2,1-2H3. The first-order valence-corrected chi connectivity index (χ1v) is 16.4. The molecule has 0 spiro atoms. The van der Waals surface area contributed by atoms with Crippen molar-refractivity contribution in [2.45, 2.75) is 32.1 Å². The van der Waals surface area contributed by atoms with Crippen LogP contribution in [-0.2, 0) is 5.41 Å². The predicted molar refractivity (Wildman–Crippen MR) is 196 cm³/mol. The number of rotatable bonds is 2. The maximum atomic E-state index is 6.74. The van der Waals surface area contributed by atoms with Crippen molar-refractivity contribution in [2.24, 2.45) is 0 Å². The van der Waals surface area contributed by atoms with E-state index in [2.05, 4.69) is 147 Å². The average Bonchev–Trinajstić information content (AvgIpc) is 3.60. The first-order chi connectivity index (χ1) is 22.6. The van der Waals surface area contributed by atoms with E-state index in [1.165, 1.54) is 87.6 Å². The van der Waals surface area contributed by atoms with Crippen molar-refractivity contribution in [2.75, 3.05) is 0 Å². The van der Waals surface area contributed by atoms with Crippen LogP contribution in [0.15, 0.2) is 138 Å². The molecule has 1 heterocycles. The topological polar surface area (TPSA) is 13.1 Å². The van der Waals surface area contributed by atoms with E-state index < -0.39 is 0 Å². The van der Waals surface area contributed by atoms with E-state index in [9.17, 15) is 0 Å². The predicted octanol–water partition coefficient (Wildman–Crippen LogP) is 12.8. The largest absolute Gasteiger partial charge is 0.455 e. The highest BCUT2D eigenvalue weighted by molar-refractivity contribution is 6.25. The zero-order valence-electron chi connectivity index (χ0n) is 26.0. The Bertz CT molecular complexity index is 2600. The van der Waals surface area contributed by atoms with Crippen molar-refractivity contribution in [3.63, 3.8) is 0 Å². The fraction of sp³-hybridized carbons (Fsp3) is 0.111. The molecule has 0 bridgehead atoms. The highest BCUT2D eigenvalue weighted by Gasteiger charge is 2.40. The van der Waals surface area contributed by atoms with Crippen LogP contribution in [0.4, 0.5) is 0 Å². The summed E-state index contributed by atoms with van der Waals surface area (Å²) in [6, 6.07) is 42.6. The van der Waals surface area contributed by atoms with Gasteiger partial charge in [-0.05, 0) is 96.2 Å². The fourth-order valence-electron chi connectivity index (χ4n) is 8.73. The maximum absolute atomic E-state index is 6.74. The molecule has 46 heavy (non-hydrogen) atoms. The zero-order valence-corrected chi connectivity index (χ0v) is 26.0. The van der Waals surface area contributed by atoms with Crippen molar-refractivity contribution >= 4 is 59.8 Å². The number of furan rings is 1. The Labute approximate surface area is 268 Å². The molecule has 0 atom stereocenters. The van der Waals surface area contributed by atoms with Crippen LogP contribution in [0.1, 0.15) is 43.4 Å². The van der Waals surface area contributed by atoms with E-state index in [0.29, 0.717) is 0 Å². The first kappa shape index (κ1) is 25.9. The third-order valence-corrected chi connectivity index (χ3v) is 10.7. The summed E-state index contributed by atoms with van der Waals surface area (Å²) in [5, 5.41) is 10.3. The van der Waals surface area contributed by atoms with Crippen LogP contribution in [0.2, 0.25) is 0 Å². The molecule has 1 aromatic heterocycles. The molecule has 0 aliphatic heterocycles. The Morgan fingerprint density at radius 2 is 1.20 bits per heavy atom. The zero-order chi connectivity index (χ0) is 30.6. The molecule has 1 heteroatoms.